The molecule has 3 fully saturated rings. The third-order valence-corrected chi connectivity index (χ3v) is 7.41. The van der Waals surface area contributed by atoms with Crippen molar-refractivity contribution in [3.8, 4) is 0 Å². The van der Waals surface area contributed by atoms with Gasteiger partial charge in [-0.1, -0.05) is 6.58 Å². The van der Waals surface area contributed by atoms with Crippen LogP contribution >= 0.6 is 0 Å². The number of carbonyl (C=O) groups excluding carboxylic acids is 4. The van der Waals surface area contributed by atoms with Gasteiger partial charge in [0.05, 0.1) is 17.8 Å². The molecule has 0 amide bonds. The molecule has 37 heavy (non-hydrogen) atoms. The van der Waals surface area contributed by atoms with Gasteiger partial charge in [-0.25, -0.2) is 9.59 Å². The maximum atomic E-state index is 12.7. The third kappa shape index (κ3) is 9.05. The number of aliphatic carboxylic acids is 1. The van der Waals surface area contributed by atoms with Crippen molar-refractivity contribution in [3.63, 3.8) is 0 Å². The summed E-state index contributed by atoms with van der Waals surface area (Å²) in [5, 5.41) is 9.09. The quantitative estimate of drug-likeness (QED) is 0.203. The van der Waals surface area contributed by atoms with Crippen LogP contribution in [0.3, 0.4) is 0 Å². The van der Waals surface area contributed by atoms with Crippen LogP contribution in [0.1, 0.15) is 77.0 Å². The number of ether oxygens (including phenoxy) is 5. The summed E-state index contributed by atoms with van der Waals surface area (Å²) < 4.78 is 25.7. The molecule has 0 atom stereocenters. The molecular formula is C26H36O11. The van der Waals surface area contributed by atoms with Gasteiger partial charge in [-0.2, -0.15) is 0 Å². The second kappa shape index (κ2) is 14.0. The molecule has 11 nitrogen and oxygen atoms in total. The van der Waals surface area contributed by atoms with Gasteiger partial charge in [-0.05, 0) is 77.0 Å². The number of rotatable bonds is 9. The molecule has 0 aromatic heterocycles. The van der Waals surface area contributed by atoms with E-state index >= 15 is 0 Å². The average molecular weight is 525 g/mol. The van der Waals surface area contributed by atoms with E-state index in [0.717, 1.165) is 6.08 Å². The molecule has 0 heterocycles. The van der Waals surface area contributed by atoms with E-state index in [2.05, 4.69) is 16.1 Å². The first-order valence-corrected chi connectivity index (χ1v) is 13.0. The maximum absolute atomic E-state index is 12.7. The first kappa shape index (κ1) is 28.5. The normalized spacial score (nSPS) is 29.7. The van der Waals surface area contributed by atoms with E-state index in [0.29, 0.717) is 77.0 Å². The largest absolute Gasteiger partial charge is 0.511 e. The van der Waals surface area contributed by atoms with Crippen LogP contribution in [0.4, 0.5) is 4.79 Å². The molecule has 11 heteroatoms. The highest BCUT2D eigenvalue weighted by Gasteiger charge is 2.35. The highest BCUT2D eigenvalue weighted by Crippen LogP contribution is 2.34. The zero-order valence-electron chi connectivity index (χ0n) is 21.0. The molecule has 0 aliphatic heterocycles. The van der Waals surface area contributed by atoms with Gasteiger partial charge in [0.1, 0.15) is 18.3 Å². The molecule has 0 aromatic rings. The topological polar surface area (TPSA) is 152 Å². The van der Waals surface area contributed by atoms with Crippen LogP contribution in [0, 0.1) is 17.8 Å². The summed E-state index contributed by atoms with van der Waals surface area (Å²) in [6.45, 7) is 2.68. The van der Waals surface area contributed by atoms with E-state index in [9.17, 15) is 24.0 Å². The van der Waals surface area contributed by atoms with Gasteiger partial charge in [-0.3, -0.25) is 14.4 Å². The first-order valence-electron chi connectivity index (χ1n) is 13.0. The standard InChI is InChI=1S/C26H36O11/c1-2-22(27)33-15-34-26(32)37-21-13-11-20(12-14-21)36-25(31)18-5-3-17(4-6-18)24(30)35-19-9-7-16(8-10-19)23(28)29/h2,16-21H,1,3-15H2,(H,28,29). The van der Waals surface area contributed by atoms with Crippen molar-refractivity contribution in [1.29, 1.82) is 0 Å². The van der Waals surface area contributed by atoms with Crippen molar-refractivity contribution in [3.05, 3.63) is 12.7 Å². The number of hydrogen-bond acceptors (Lipinski definition) is 10. The Morgan fingerprint density at radius 2 is 1.03 bits per heavy atom. The Hall–Kier alpha value is -3.11. The zero-order valence-corrected chi connectivity index (χ0v) is 21.0. The van der Waals surface area contributed by atoms with Crippen molar-refractivity contribution in [2.45, 2.75) is 95.4 Å². The van der Waals surface area contributed by atoms with E-state index in [-0.39, 0.29) is 48.0 Å². The lowest BCUT2D eigenvalue weighted by molar-refractivity contribution is -0.163. The molecule has 0 saturated heterocycles. The lowest BCUT2D eigenvalue weighted by atomic mass is 9.81. The fourth-order valence-corrected chi connectivity index (χ4v) is 5.15. The second-order valence-electron chi connectivity index (χ2n) is 9.93. The first-order chi connectivity index (χ1) is 17.7. The highest BCUT2D eigenvalue weighted by molar-refractivity contribution is 5.81. The Morgan fingerprint density at radius 3 is 1.46 bits per heavy atom. The van der Waals surface area contributed by atoms with Crippen LogP contribution < -0.4 is 0 Å². The minimum atomic E-state index is -0.930. The fourth-order valence-electron chi connectivity index (χ4n) is 5.15. The van der Waals surface area contributed by atoms with Crippen molar-refractivity contribution in [2.24, 2.45) is 17.8 Å². The molecule has 3 saturated carbocycles. The summed E-state index contributed by atoms with van der Waals surface area (Å²) in [5.41, 5.74) is 0. The van der Waals surface area contributed by atoms with E-state index in [1.165, 1.54) is 0 Å². The Morgan fingerprint density at radius 1 is 0.622 bits per heavy atom. The predicted molar refractivity (Wildman–Crippen MR) is 126 cm³/mol. The molecule has 1 N–H and O–H groups in total. The van der Waals surface area contributed by atoms with Gasteiger partial charge < -0.3 is 28.8 Å². The minimum Gasteiger partial charge on any atom is -0.481 e. The van der Waals surface area contributed by atoms with Gasteiger partial charge in [-0.15, -0.1) is 0 Å². The molecular weight excluding hydrogens is 488 g/mol. The van der Waals surface area contributed by atoms with Gasteiger partial charge in [0.25, 0.3) is 0 Å². The van der Waals surface area contributed by atoms with Crippen LogP contribution in [-0.4, -0.2) is 60.2 Å². The molecule has 0 unspecified atom stereocenters. The number of carbonyl (C=O) groups is 5. The Labute approximate surface area is 215 Å². The van der Waals surface area contributed by atoms with E-state index in [1.54, 1.807) is 0 Å². The van der Waals surface area contributed by atoms with E-state index in [1.807, 2.05) is 0 Å². The summed E-state index contributed by atoms with van der Waals surface area (Å²) in [4.78, 5) is 58.9. The summed E-state index contributed by atoms with van der Waals surface area (Å²) in [7, 11) is 0. The zero-order chi connectivity index (χ0) is 26.8. The van der Waals surface area contributed by atoms with Gasteiger partial charge in [0.15, 0.2) is 0 Å². The van der Waals surface area contributed by atoms with Crippen molar-refractivity contribution in [2.75, 3.05) is 6.79 Å². The Kier molecular flexibility index (Phi) is 10.8. The van der Waals surface area contributed by atoms with Gasteiger partial charge >= 0.3 is 30.0 Å². The Bertz CT molecular complexity index is 829. The summed E-state index contributed by atoms with van der Waals surface area (Å²) in [5.74, 6) is -2.85. The fraction of sp³-hybridized carbons (Fsp3) is 0.731. The smallest absolute Gasteiger partial charge is 0.481 e. The molecule has 0 spiro atoms. The highest BCUT2D eigenvalue weighted by atomic mass is 16.8. The molecule has 3 aliphatic rings. The predicted octanol–water partition coefficient (Wildman–Crippen LogP) is 3.67. The molecule has 0 radical (unpaired) electrons. The number of hydrogen-bond donors (Lipinski definition) is 1. The van der Waals surface area contributed by atoms with Crippen molar-refractivity contribution >= 4 is 30.0 Å². The SMILES string of the molecule is C=CC(=O)OCOC(=O)OC1CCC(OC(=O)C2CCC(C(=O)OC3CCC(C(=O)O)CC3)CC2)CC1. The van der Waals surface area contributed by atoms with Crippen LogP contribution in [-0.2, 0) is 42.9 Å². The summed E-state index contributed by atoms with van der Waals surface area (Å²) in [6.07, 6.45) is 5.79. The van der Waals surface area contributed by atoms with Gasteiger partial charge in [0, 0.05) is 6.08 Å². The van der Waals surface area contributed by atoms with Crippen molar-refractivity contribution in [1.82, 2.24) is 0 Å². The third-order valence-electron chi connectivity index (χ3n) is 7.41. The van der Waals surface area contributed by atoms with E-state index in [4.69, 9.17) is 19.3 Å². The van der Waals surface area contributed by atoms with E-state index < -0.39 is 24.9 Å². The van der Waals surface area contributed by atoms with Crippen molar-refractivity contribution < 1.29 is 52.8 Å². The number of carboxylic acids is 1. The number of carboxylic acid groups (broad SMARTS) is 1. The lowest BCUT2D eigenvalue weighted by Gasteiger charge is -2.32. The molecule has 0 bridgehead atoms. The maximum Gasteiger partial charge on any atom is 0.511 e. The second-order valence-corrected chi connectivity index (χ2v) is 9.93. The monoisotopic (exact) mass is 524 g/mol. The summed E-state index contributed by atoms with van der Waals surface area (Å²) in [6, 6.07) is 0. The molecule has 206 valence electrons. The van der Waals surface area contributed by atoms with Gasteiger partial charge in [0.2, 0.25) is 6.79 Å². The summed E-state index contributed by atoms with van der Waals surface area (Å²) >= 11 is 0. The van der Waals surface area contributed by atoms with Crippen LogP contribution in [0.25, 0.3) is 0 Å². The van der Waals surface area contributed by atoms with Crippen LogP contribution in [0.15, 0.2) is 12.7 Å². The van der Waals surface area contributed by atoms with Crippen LogP contribution in [0.5, 0.6) is 0 Å². The molecule has 0 aromatic carbocycles. The number of esters is 3. The Balaban J connectivity index is 1.28. The minimum absolute atomic E-state index is 0.221. The molecule has 3 aliphatic carbocycles. The molecule has 3 rings (SSSR count). The van der Waals surface area contributed by atoms with Crippen LogP contribution in [0.2, 0.25) is 0 Å². The average Bonchev–Trinajstić information content (AvgIpc) is 2.90. The lowest BCUT2D eigenvalue weighted by Crippen LogP contribution is -2.34.